The van der Waals surface area contributed by atoms with Crippen LogP contribution in [-0.2, 0) is 24.3 Å². The number of nitrogens with zero attached hydrogens (tertiary/aromatic N) is 1. The van der Waals surface area contributed by atoms with E-state index in [9.17, 15) is 23.1 Å². The summed E-state index contributed by atoms with van der Waals surface area (Å²) in [6.45, 7) is 2.17. The molecule has 1 saturated heterocycles. The molecule has 0 amide bonds. The van der Waals surface area contributed by atoms with Gasteiger partial charge in [-0.15, -0.1) is 0 Å². The number of carbonyl (C=O) groups is 2. The fourth-order valence-electron chi connectivity index (χ4n) is 2.54. The zero-order valence-corrected chi connectivity index (χ0v) is 12.6. The highest BCUT2D eigenvalue weighted by Crippen LogP contribution is 2.37. The van der Waals surface area contributed by atoms with Crippen molar-refractivity contribution in [2.75, 3.05) is 26.0 Å². The van der Waals surface area contributed by atoms with Gasteiger partial charge in [-0.25, -0.2) is 12.7 Å². The topological polar surface area (TPSA) is 101 Å². The lowest BCUT2D eigenvalue weighted by atomic mass is 9.75. The van der Waals surface area contributed by atoms with Gasteiger partial charge in [-0.1, -0.05) is 13.3 Å². The van der Waals surface area contributed by atoms with Crippen LogP contribution >= 0.6 is 0 Å². The number of hydrogen-bond acceptors (Lipinski definition) is 5. The van der Waals surface area contributed by atoms with Gasteiger partial charge in [-0.05, 0) is 19.3 Å². The fraction of sp³-hybridized carbons (Fsp3) is 0.833. The van der Waals surface area contributed by atoms with Crippen LogP contribution < -0.4 is 0 Å². The molecule has 0 aromatic carbocycles. The Morgan fingerprint density at radius 1 is 1.30 bits per heavy atom. The summed E-state index contributed by atoms with van der Waals surface area (Å²) in [5.74, 6) is -2.38. The van der Waals surface area contributed by atoms with E-state index in [2.05, 4.69) is 4.74 Å². The Morgan fingerprint density at radius 3 is 2.25 bits per heavy atom. The zero-order valence-electron chi connectivity index (χ0n) is 11.8. The normalized spacial score (nSPS) is 19.5. The van der Waals surface area contributed by atoms with E-state index in [1.165, 1.54) is 4.31 Å². The average Bonchev–Trinajstić information content (AvgIpc) is 2.38. The van der Waals surface area contributed by atoms with E-state index < -0.39 is 33.1 Å². The van der Waals surface area contributed by atoms with Gasteiger partial charge in [0.2, 0.25) is 10.0 Å². The summed E-state index contributed by atoms with van der Waals surface area (Å²) >= 11 is 0. The summed E-state index contributed by atoms with van der Waals surface area (Å²) < 4.78 is 29.5. The number of carboxylic acids is 1. The Morgan fingerprint density at radius 2 is 1.85 bits per heavy atom. The number of piperidine rings is 1. The zero-order chi connectivity index (χ0) is 15.4. The number of aliphatic carboxylic acids is 1. The van der Waals surface area contributed by atoms with E-state index in [0.717, 1.165) is 13.5 Å². The van der Waals surface area contributed by atoms with Gasteiger partial charge in [0.25, 0.3) is 0 Å². The number of rotatable bonds is 6. The van der Waals surface area contributed by atoms with E-state index in [-0.39, 0.29) is 25.9 Å². The molecule has 0 aliphatic carbocycles. The van der Waals surface area contributed by atoms with Crippen LogP contribution in [0.2, 0.25) is 0 Å². The Kier molecular flexibility index (Phi) is 5.52. The van der Waals surface area contributed by atoms with Crippen molar-refractivity contribution in [3.8, 4) is 0 Å². The predicted octanol–water partition coefficient (Wildman–Crippen LogP) is 0.456. The van der Waals surface area contributed by atoms with Crippen LogP contribution in [0.4, 0.5) is 0 Å². The highest BCUT2D eigenvalue weighted by Gasteiger charge is 2.43. The quantitative estimate of drug-likeness (QED) is 0.715. The second kappa shape index (κ2) is 6.53. The van der Waals surface area contributed by atoms with Crippen molar-refractivity contribution < 1.29 is 27.9 Å². The third-order valence-corrected chi connectivity index (χ3v) is 5.54. The van der Waals surface area contributed by atoms with E-state index in [0.29, 0.717) is 6.42 Å². The highest BCUT2D eigenvalue weighted by atomic mass is 32.2. The molecule has 1 aliphatic heterocycles. The van der Waals surface area contributed by atoms with E-state index in [1.54, 1.807) is 0 Å². The Labute approximate surface area is 118 Å². The largest absolute Gasteiger partial charge is 0.481 e. The van der Waals surface area contributed by atoms with Crippen molar-refractivity contribution in [1.82, 2.24) is 4.31 Å². The van der Waals surface area contributed by atoms with E-state index >= 15 is 0 Å². The summed E-state index contributed by atoms with van der Waals surface area (Å²) in [6, 6.07) is 0. The molecule has 0 bridgehead atoms. The first kappa shape index (κ1) is 16.9. The molecule has 1 aliphatic rings. The fourth-order valence-corrected chi connectivity index (χ4v) is 3.88. The molecule has 1 heterocycles. The molecular weight excluding hydrogens is 286 g/mol. The van der Waals surface area contributed by atoms with Crippen molar-refractivity contribution in [3.05, 3.63) is 0 Å². The monoisotopic (exact) mass is 307 g/mol. The number of methoxy groups -OCH3 is 1. The van der Waals surface area contributed by atoms with Gasteiger partial charge in [0, 0.05) is 13.1 Å². The molecule has 20 heavy (non-hydrogen) atoms. The number of ether oxygens (including phenoxy) is 1. The number of sulfonamides is 1. The standard InChI is InChI=1S/C12H21NO6S/c1-3-4-12(11(15)16)5-7-13(8-6-12)20(17,18)9-10(14)19-2/h3-9H2,1-2H3,(H,15,16). The SMILES string of the molecule is CCCC1(C(=O)O)CCN(S(=O)(=O)CC(=O)OC)CC1. The molecule has 1 fully saturated rings. The summed E-state index contributed by atoms with van der Waals surface area (Å²) in [5, 5.41) is 9.35. The third kappa shape index (κ3) is 3.69. The molecule has 0 aromatic heterocycles. The molecule has 0 aromatic rings. The minimum absolute atomic E-state index is 0.131. The van der Waals surface area contributed by atoms with Gasteiger partial charge in [-0.2, -0.15) is 0 Å². The molecule has 116 valence electrons. The van der Waals surface area contributed by atoms with Gasteiger partial charge < -0.3 is 9.84 Å². The summed E-state index contributed by atoms with van der Waals surface area (Å²) in [7, 11) is -2.59. The predicted molar refractivity (Wildman–Crippen MR) is 71.6 cm³/mol. The molecule has 0 saturated carbocycles. The van der Waals surface area contributed by atoms with Crippen LogP contribution in [0.3, 0.4) is 0 Å². The van der Waals surface area contributed by atoms with Crippen molar-refractivity contribution in [3.63, 3.8) is 0 Å². The molecule has 1 N–H and O–H groups in total. The second-order valence-electron chi connectivity index (χ2n) is 5.07. The minimum Gasteiger partial charge on any atom is -0.481 e. The van der Waals surface area contributed by atoms with Crippen molar-refractivity contribution in [1.29, 1.82) is 0 Å². The maximum absolute atomic E-state index is 12.0. The average molecular weight is 307 g/mol. The maximum atomic E-state index is 12.0. The number of carbonyl (C=O) groups excluding carboxylic acids is 1. The lowest BCUT2D eigenvalue weighted by Crippen LogP contribution is -2.47. The van der Waals surface area contributed by atoms with Crippen molar-refractivity contribution in [2.45, 2.75) is 32.6 Å². The number of esters is 1. The number of carboxylic acid groups (broad SMARTS) is 1. The Bertz CT molecular complexity index is 464. The van der Waals surface area contributed by atoms with Crippen LogP contribution in [0, 0.1) is 5.41 Å². The molecular formula is C12H21NO6S. The lowest BCUT2D eigenvalue weighted by molar-refractivity contribution is -0.152. The molecule has 1 rings (SSSR count). The first-order valence-electron chi connectivity index (χ1n) is 6.55. The third-order valence-electron chi connectivity index (χ3n) is 3.78. The van der Waals surface area contributed by atoms with Gasteiger partial charge in [-0.3, -0.25) is 9.59 Å². The molecule has 0 spiro atoms. The first-order valence-corrected chi connectivity index (χ1v) is 8.16. The molecule has 0 radical (unpaired) electrons. The van der Waals surface area contributed by atoms with Crippen molar-refractivity contribution in [2.24, 2.45) is 5.41 Å². The van der Waals surface area contributed by atoms with Gasteiger partial charge >= 0.3 is 11.9 Å². The maximum Gasteiger partial charge on any atom is 0.322 e. The first-order chi connectivity index (χ1) is 9.27. The summed E-state index contributed by atoms with van der Waals surface area (Å²) in [6.07, 6.45) is 1.82. The lowest BCUT2D eigenvalue weighted by Gasteiger charge is -2.38. The second-order valence-corrected chi connectivity index (χ2v) is 7.04. The molecule has 0 atom stereocenters. The van der Waals surface area contributed by atoms with Crippen LogP contribution in [0.25, 0.3) is 0 Å². The number of hydrogen-bond donors (Lipinski definition) is 1. The summed E-state index contributed by atoms with van der Waals surface area (Å²) in [5.41, 5.74) is -0.841. The van der Waals surface area contributed by atoms with Gasteiger partial charge in [0.1, 0.15) is 0 Å². The van der Waals surface area contributed by atoms with Crippen LogP contribution in [0.5, 0.6) is 0 Å². The van der Waals surface area contributed by atoms with Gasteiger partial charge in [0.15, 0.2) is 5.75 Å². The highest BCUT2D eigenvalue weighted by molar-refractivity contribution is 7.89. The molecule has 7 nitrogen and oxygen atoms in total. The van der Waals surface area contributed by atoms with E-state index in [1.807, 2.05) is 6.92 Å². The molecule has 8 heteroatoms. The van der Waals surface area contributed by atoms with Crippen LogP contribution in [0.1, 0.15) is 32.6 Å². The smallest absolute Gasteiger partial charge is 0.322 e. The minimum atomic E-state index is -3.72. The Balaban J connectivity index is 2.74. The molecule has 0 unspecified atom stereocenters. The van der Waals surface area contributed by atoms with Gasteiger partial charge in [0.05, 0.1) is 12.5 Å². The van der Waals surface area contributed by atoms with E-state index in [4.69, 9.17) is 0 Å². The summed E-state index contributed by atoms with van der Waals surface area (Å²) in [4.78, 5) is 22.5. The van der Waals surface area contributed by atoms with Crippen LogP contribution in [0.15, 0.2) is 0 Å². The van der Waals surface area contributed by atoms with Crippen molar-refractivity contribution >= 4 is 22.0 Å². The van der Waals surface area contributed by atoms with Crippen LogP contribution in [-0.4, -0.2) is 55.7 Å². The Hall–Kier alpha value is -1.15.